The Balaban J connectivity index is 0.000000224. The fourth-order valence-corrected chi connectivity index (χ4v) is 1.48. The molecule has 0 saturated heterocycles. The largest absolute Gasteiger partial charge is 0.327 e. The van der Waals surface area contributed by atoms with Gasteiger partial charge in [-0.3, -0.25) is 4.57 Å². The van der Waals surface area contributed by atoms with Crippen LogP contribution >= 0.6 is 7.60 Å². The lowest BCUT2D eigenvalue weighted by Gasteiger charge is -2.04. The van der Waals surface area contributed by atoms with Crippen LogP contribution in [0.3, 0.4) is 0 Å². The Labute approximate surface area is 114 Å². The van der Waals surface area contributed by atoms with E-state index in [0.717, 1.165) is 0 Å². The Morgan fingerprint density at radius 1 is 0.737 bits per heavy atom. The van der Waals surface area contributed by atoms with E-state index in [1.807, 2.05) is 12.1 Å². The summed E-state index contributed by atoms with van der Waals surface area (Å²) in [6.07, 6.45) is 0. The van der Waals surface area contributed by atoms with Gasteiger partial charge in [0.25, 0.3) is 0 Å². The normalized spacial score (nSPS) is 10.5. The van der Waals surface area contributed by atoms with Crippen molar-refractivity contribution in [2.24, 2.45) is 0 Å². The lowest BCUT2D eigenvalue weighted by Crippen LogP contribution is -1.82. The van der Waals surface area contributed by atoms with Crippen molar-refractivity contribution >= 4 is 7.60 Å². The van der Waals surface area contributed by atoms with Crippen LogP contribution in [0.15, 0.2) is 60.7 Å². The summed E-state index contributed by atoms with van der Waals surface area (Å²) in [5.41, 5.74) is 2.55. The Bertz CT molecular complexity index is 466. The molecule has 102 valence electrons. The lowest BCUT2D eigenvalue weighted by atomic mass is 10.1. The average molecular weight is 278 g/mol. The summed E-state index contributed by atoms with van der Waals surface area (Å²) in [6, 6.07) is 20.8. The van der Waals surface area contributed by atoms with E-state index >= 15 is 0 Å². The average Bonchev–Trinajstić information content (AvgIpc) is 2.50. The van der Waals surface area contributed by atoms with E-state index in [4.69, 9.17) is 0 Å². The second-order valence-corrected chi connectivity index (χ2v) is 6.14. The van der Waals surface area contributed by atoms with Crippen molar-refractivity contribution in [3.63, 3.8) is 0 Å². The standard InChI is InChI=1S/C12H10.C3H9O3P/c1-3-7-11(8-4-1)12-9-5-2-6-10-12;1-5-7(3,4)6-2/h1-10H;1-3H3. The molecule has 0 aromatic heterocycles. The third-order valence-electron chi connectivity index (χ3n) is 2.54. The van der Waals surface area contributed by atoms with Crippen molar-refractivity contribution in [3.8, 4) is 11.1 Å². The smallest absolute Gasteiger partial charge is 0.312 e. The van der Waals surface area contributed by atoms with Crippen LogP contribution in [0.4, 0.5) is 0 Å². The van der Waals surface area contributed by atoms with Gasteiger partial charge in [0, 0.05) is 20.9 Å². The van der Waals surface area contributed by atoms with Gasteiger partial charge in [-0.15, -0.1) is 0 Å². The van der Waals surface area contributed by atoms with Gasteiger partial charge in [-0.2, -0.15) is 0 Å². The zero-order chi connectivity index (χ0) is 14.1. The van der Waals surface area contributed by atoms with E-state index < -0.39 is 7.60 Å². The van der Waals surface area contributed by atoms with E-state index in [-0.39, 0.29) is 0 Å². The summed E-state index contributed by atoms with van der Waals surface area (Å²) < 4.78 is 19.3. The third-order valence-corrected chi connectivity index (χ3v) is 3.87. The van der Waals surface area contributed by atoms with Gasteiger partial charge >= 0.3 is 7.60 Å². The molecule has 0 N–H and O–H groups in total. The highest BCUT2D eigenvalue weighted by molar-refractivity contribution is 7.52. The lowest BCUT2D eigenvalue weighted by molar-refractivity contribution is 0.282. The molecular formula is C15H19O3P. The van der Waals surface area contributed by atoms with E-state index in [1.54, 1.807) is 0 Å². The van der Waals surface area contributed by atoms with Crippen molar-refractivity contribution < 1.29 is 13.6 Å². The predicted octanol–water partition coefficient (Wildman–Crippen LogP) is 4.46. The van der Waals surface area contributed by atoms with Crippen LogP contribution in [0.5, 0.6) is 0 Å². The molecule has 2 aromatic rings. The molecule has 0 aliphatic heterocycles. The summed E-state index contributed by atoms with van der Waals surface area (Å²) in [7, 11) is 0.0486. The van der Waals surface area contributed by atoms with Crippen LogP contribution in [0.25, 0.3) is 11.1 Å². The minimum absolute atomic E-state index is 1.28. The first-order valence-electron chi connectivity index (χ1n) is 5.88. The zero-order valence-electron chi connectivity index (χ0n) is 11.4. The molecular weight excluding hydrogens is 259 g/mol. The fourth-order valence-electron chi connectivity index (χ4n) is 1.34. The molecule has 0 unspecified atom stereocenters. The summed E-state index contributed by atoms with van der Waals surface area (Å²) in [5, 5.41) is 0. The second-order valence-electron chi connectivity index (χ2n) is 3.87. The molecule has 2 aromatic carbocycles. The molecule has 0 amide bonds. The van der Waals surface area contributed by atoms with Crippen LogP contribution in [-0.2, 0) is 13.6 Å². The fraction of sp³-hybridized carbons (Fsp3) is 0.200. The molecule has 2 rings (SSSR count). The number of hydrogen-bond donors (Lipinski definition) is 0. The number of benzene rings is 2. The molecule has 4 heteroatoms. The van der Waals surface area contributed by atoms with Crippen molar-refractivity contribution in [2.75, 3.05) is 20.9 Å². The molecule has 0 radical (unpaired) electrons. The highest BCUT2D eigenvalue weighted by Gasteiger charge is 2.08. The van der Waals surface area contributed by atoms with E-state index in [0.29, 0.717) is 0 Å². The van der Waals surface area contributed by atoms with Crippen LogP contribution < -0.4 is 0 Å². The first kappa shape index (κ1) is 15.6. The summed E-state index contributed by atoms with van der Waals surface area (Å²) in [6.45, 7) is 1.41. The summed E-state index contributed by atoms with van der Waals surface area (Å²) >= 11 is 0. The van der Waals surface area contributed by atoms with Gasteiger partial charge < -0.3 is 9.05 Å². The van der Waals surface area contributed by atoms with Crippen molar-refractivity contribution in [2.45, 2.75) is 0 Å². The van der Waals surface area contributed by atoms with Crippen molar-refractivity contribution in [1.29, 1.82) is 0 Å². The maximum Gasteiger partial charge on any atom is 0.327 e. The first-order chi connectivity index (χ1) is 9.09. The first-order valence-corrected chi connectivity index (χ1v) is 7.87. The van der Waals surface area contributed by atoms with E-state index in [2.05, 4.69) is 57.6 Å². The van der Waals surface area contributed by atoms with Gasteiger partial charge in [0.2, 0.25) is 0 Å². The Kier molecular flexibility index (Phi) is 6.51. The molecule has 0 bridgehead atoms. The monoisotopic (exact) mass is 278 g/mol. The molecule has 0 saturated carbocycles. The minimum Gasteiger partial charge on any atom is -0.312 e. The Morgan fingerprint density at radius 3 is 1.26 bits per heavy atom. The molecule has 3 nitrogen and oxygen atoms in total. The Hall–Kier alpha value is -1.41. The highest BCUT2D eigenvalue weighted by atomic mass is 31.2. The van der Waals surface area contributed by atoms with Crippen LogP contribution in [0.2, 0.25) is 0 Å². The van der Waals surface area contributed by atoms with Gasteiger partial charge in [-0.25, -0.2) is 0 Å². The molecule has 0 aliphatic carbocycles. The Morgan fingerprint density at radius 2 is 1.05 bits per heavy atom. The van der Waals surface area contributed by atoms with Crippen LogP contribution in [0.1, 0.15) is 0 Å². The topological polar surface area (TPSA) is 35.5 Å². The summed E-state index contributed by atoms with van der Waals surface area (Å²) in [5.74, 6) is 0. The molecule has 0 fully saturated rings. The maximum atomic E-state index is 10.5. The zero-order valence-corrected chi connectivity index (χ0v) is 12.3. The second kappa shape index (κ2) is 7.90. The van der Waals surface area contributed by atoms with Crippen LogP contribution in [-0.4, -0.2) is 20.9 Å². The van der Waals surface area contributed by atoms with Gasteiger partial charge in [-0.1, -0.05) is 60.7 Å². The van der Waals surface area contributed by atoms with Crippen LogP contribution in [0, 0.1) is 0 Å². The molecule has 19 heavy (non-hydrogen) atoms. The SMILES string of the molecule is COP(C)(=O)OC.c1ccc(-c2ccccc2)cc1. The quantitative estimate of drug-likeness (QED) is 0.778. The predicted molar refractivity (Wildman–Crippen MR) is 79.4 cm³/mol. The van der Waals surface area contributed by atoms with Crippen molar-refractivity contribution in [1.82, 2.24) is 0 Å². The van der Waals surface area contributed by atoms with Crippen molar-refractivity contribution in [3.05, 3.63) is 60.7 Å². The van der Waals surface area contributed by atoms with E-state index in [9.17, 15) is 4.57 Å². The molecule has 0 aliphatic rings. The van der Waals surface area contributed by atoms with Gasteiger partial charge in [-0.05, 0) is 11.1 Å². The van der Waals surface area contributed by atoms with E-state index in [1.165, 1.54) is 32.0 Å². The van der Waals surface area contributed by atoms with Gasteiger partial charge in [0.15, 0.2) is 0 Å². The minimum atomic E-state index is -2.65. The number of hydrogen-bond acceptors (Lipinski definition) is 3. The van der Waals surface area contributed by atoms with Gasteiger partial charge in [0.05, 0.1) is 0 Å². The highest BCUT2D eigenvalue weighted by Crippen LogP contribution is 2.40. The summed E-state index contributed by atoms with van der Waals surface area (Å²) in [4.78, 5) is 0. The van der Waals surface area contributed by atoms with Gasteiger partial charge in [0.1, 0.15) is 0 Å². The third kappa shape index (κ3) is 5.84. The molecule has 0 heterocycles. The number of rotatable bonds is 3. The molecule has 0 atom stereocenters. The molecule has 0 spiro atoms. The maximum absolute atomic E-state index is 10.5.